The van der Waals surface area contributed by atoms with E-state index in [0.29, 0.717) is 5.92 Å². The molecule has 0 spiro atoms. The van der Waals surface area contributed by atoms with E-state index in [1.165, 1.54) is 6.07 Å². The predicted octanol–water partition coefficient (Wildman–Crippen LogP) is 3.90. The lowest BCUT2D eigenvalue weighted by atomic mass is 10.2. The van der Waals surface area contributed by atoms with Gasteiger partial charge in [-0.1, -0.05) is 19.9 Å². The molecule has 1 aromatic heterocycles. The Bertz CT molecular complexity index is 585. The van der Waals surface area contributed by atoms with Crippen LogP contribution < -0.4 is 10.1 Å². The van der Waals surface area contributed by atoms with Gasteiger partial charge in [-0.05, 0) is 30.2 Å². The average molecular weight is 292 g/mol. The summed E-state index contributed by atoms with van der Waals surface area (Å²) in [6.07, 6.45) is 1.67. The van der Waals surface area contributed by atoms with Gasteiger partial charge in [0, 0.05) is 24.9 Å². The largest absolute Gasteiger partial charge is 0.436 e. The minimum atomic E-state index is -0.750. The molecule has 0 aliphatic heterocycles. The molecule has 0 unspecified atom stereocenters. The van der Waals surface area contributed by atoms with Crippen molar-refractivity contribution in [3.8, 4) is 11.6 Å². The summed E-state index contributed by atoms with van der Waals surface area (Å²) in [6.45, 7) is 5.92. The van der Waals surface area contributed by atoms with Crippen LogP contribution in [0.3, 0.4) is 0 Å². The topological polar surface area (TPSA) is 34.1 Å². The normalized spacial score (nSPS) is 10.9. The van der Waals surface area contributed by atoms with Gasteiger partial charge in [0.05, 0.1) is 0 Å². The highest BCUT2D eigenvalue weighted by molar-refractivity contribution is 5.29. The molecule has 0 aliphatic rings. The van der Waals surface area contributed by atoms with Crippen LogP contribution in [0.2, 0.25) is 0 Å². The highest BCUT2D eigenvalue weighted by Crippen LogP contribution is 2.23. The van der Waals surface area contributed by atoms with Crippen molar-refractivity contribution in [2.45, 2.75) is 20.4 Å². The summed E-state index contributed by atoms with van der Waals surface area (Å²) < 4.78 is 31.5. The smallest absolute Gasteiger partial charge is 0.219 e. The standard InChI is InChI=1S/C16H18F2N2O/c1-11(2)8-19-9-12-3-6-16(20-10-12)21-15-5-4-13(17)7-14(15)18/h3-7,10-11,19H,8-9H2,1-2H3. The molecule has 5 heteroatoms. The molecular formula is C16H18F2N2O. The second-order valence-corrected chi connectivity index (χ2v) is 5.21. The van der Waals surface area contributed by atoms with Crippen molar-refractivity contribution in [1.29, 1.82) is 0 Å². The lowest BCUT2D eigenvalue weighted by Gasteiger charge is -2.08. The van der Waals surface area contributed by atoms with E-state index < -0.39 is 11.6 Å². The van der Waals surface area contributed by atoms with Gasteiger partial charge in [-0.2, -0.15) is 0 Å². The number of hydrogen-bond acceptors (Lipinski definition) is 3. The molecule has 21 heavy (non-hydrogen) atoms. The molecule has 0 radical (unpaired) electrons. The Hall–Kier alpha value is -2.01. The van der Waals surface area contributed by atoms with Gasteiger partial charge in [0.2, 0.25) is 5.88 Å². The molecule has 0 amide bonds. The Balaban J connectivity index is 1.95. The van der Waals surface area contributed by atoms with E-state index in [-0.39, 0.29) is 11.6 Å². The summed E-state index contributed by atoms with van der Waals surface area (Å²) in [5.74, 6) is -0.580. The fourth-order valence-corrected chi connectivity index (χ4v) is 1.75. The lowest BCUT2D eigenvalue weighted by Crippen LogP contribution is -2.18. The summed E-state index contributed by atoms with van der Waals surface area (Å²) in [5.41, 5.74) is 1.02. The van der Waals surface area contributed by atoms with Crippen LogP contribution in [-0.2, 0) is 6.54 Å². The number of pyridine rings is 1. The van der Waals surface area contributed by atoms with E-state index in [1.54, 1.807) is 12.3 Å². The number of ether oxygens (including phenoxy) is 1. The molecule has 2 aromatic rings. The highest BCUT2D eigenvalue weighted by atomic mass is 19.1. The van der Waals surface area contributed by atoms with Crippen LogP contribution in [0.5, 0.6) is 11.6 Å². The SMILES string of the molecule is CC(C)CNCc1ccc(Oc2ccc(F)cc2F)nc1. The Morgan fingerprint density at radius 3 is 2.62 bits per heavy atom. The number of halogens is 2. The molecule has 3 nitrogen and oxygen atoms in total. The molecule has 112 valence electrons. The number of rotatable bonds is 6. The second kappa shape index (κ2) is 7.13. The van der Waals surface area contributed by atoms with Crippen LogP contribution in [0.25, 0.3) is 0 Å². The fraction of sp³-hybridized carbons (Fsp3) is 0.312. The van der Waals surface area contributed by atoms with Crippen LogP contribution in [0.4, 0.5) is 8.78 Å². The molecule has 0 fully saturated rings. The van der Waals surface area contributed by atoms with Gasteiger partial charge >= 0.3 is 0 Å². The van der Waals surface area contributed by atoms with Gasteiger partial charge in [0.25, 0.3) is 0 Å². The molecule has 0 saturated heterocycles. The van der Waals surface area contributed by atoms with Crippen molar-refractivity contribution < 1.29 is 13.5 Å². The van der Waals surface area contributed by atoms with Crippen molar-refractivity contribution in [3.05, 3.63) is 53.7 Å². The van der Waals surface area contributed by atoms with E-state index in [0.717, 1.165) is 30.8 Å². The molecule has 2 rings (SSSR count). The zero-order valence-corrected chi connectivity index (χ0v) is 12.1. The lowest BCUT2D eigenvalue weighted by molar-refractivity contribution is 0.423. The molecule has 0 aliphatic carbocycles. The minimum absolute atomic E-state index is 0.0467. The summed E-state index contributed by atoms with van der Waals surface area (Å²) in [6, 6.07) is 6.68. The van der Waals surface area contributed by atoms with Crippen LogP contribution in [0.1, 0.15) is 19.4 Å². The zero-order valence-electron chi connectivity index (χ0n) is 12.1. The van der Waals surface area contributed by atoms with Crippen LogP contribution in [0, 0.1) is 17.6 Å². The predicted molar refractivity (Wildman–Crippen MR) is 77.2 cm³/mol. The molecule has 1 aromatic carbocycles. The first-order chi connectivity index (χ1) is 10.0. The molecule has 0 bridgehead atoms. The van der Waals surface area contributed by atoms with Crippen molar-refractivity contribution in [3.63, 3.8) is 0 Å². The van der Waals surface area contributed by atoms with Gasteiger partial charge in [-0.3, -0.25) is 0 Å². The minimum Gasteiger partial charge on any atom is -0.436 e. The number of nitrogens with one attached hydrogen (secondary N) is 1. The third-order valence-corrected chi connectivity index (χ3v) is 2.79. The number of aromatic nitrogens is 1. The third-order valence-electron chi connectivity index (χ3n) is 2.79. The third kappa shape index (κ3) is 4.79. The zero-order chi connectivity index (χ0) is 15.2. The Morgan fingerprint density at radius 2 is 2.00 bits per heavy atom. The molecule has 1 heterocycles. The van der Waals surface area contributed by atoms with Gasteiger partial charge in [-0.15, -0.1) is 0 Å². The van der Waals surface area contributed by atoms with Gasteiger partial charge in [0.1, 0.15) is 5.82 Å². The van der Waals surface area contributed by atoms with Crippen LogP contribution >= 0.6 is 0 Å². The van der Waals surface area contributed by atoms with E-state index in [9.17, 15) is 8.78 Å². The maximum atomic E-state index is 13.5. The van der Waals surface area contributed by atoms with Gasteiger partial charge in [0.15, 0.2) is 11.6 Å². The first kappa shape index (κ1) is 15.4. The quantitative estimate of drug-likeness (QED) is 0.877. The van der Waals surface area contributed by atoms with E-state index in [4.69, 9.17) is 4.74 Å². The van der Waals surface area contributed by atoms with Crippen LogP contribution in [-0.4, -0.2) is 11.5 Å². The summed E-state index contributed by atoms with van der Waals surface area (Å²) in [4.78, 5) is 4.11. The van der Waals surface area contributed by atoms with Crippen molar-refractivity contribution in [2.75, 3.05) is 6.54 Å². The number of hydrogen-bond donors (Lipinski definition) is 1. The van der Waals surface area contributed by atoms with Crippen molar-refractivity contribution in [2.24, 2.45) is 5.92 Å². The van der Waals surface area contributed by atoms with E-state index in [2.05, 4.69) is 24.1 Å². The molecule has 1 N–H and O–H groups in total. The summed E-state index contributed by atoms with van der Waals surface area (Å²) >= 11 is 0. The second-order valence-electron chi connectivity index (χ2n) is 5.21. The van der Waals surface area contributed by atoms with Gasteiger partial charge < -0.3 is 10.1 Å². The van der Waals surface area contributed by atoms with Gasteiger partial charge in [-0.25, -0.2) is 13.8 Å². The number of benzene rings is 1. The Kier molecular flexibility index (Phi) is 5.22. The maximum Gasteiger partial charge on any atom is 0.219 e. The monoisotopic (exact) mass is 292 g/mol. The fourth-order valence-electron chi connectivity index (χ4n) is 1.75. The summed E-state index contributed by atoms with van der Waals surface area (Å²) in [7, 11) is 0. The van der Waals surface area contributed by atoms with Crippen LogP contribution in [0.15, 0.2) is 36.5 Å². The Labute approximate surface area is 123 Å². The van der Waals surface area contributed by atoms with E-state index in [1.807, 2.05) is 6.07 Å². The molecule has 0 saturated carbocycles. The maximum absolute atomic E-state index is 13.5. The Morgan fingerprint density at radius 1 is 1.19 bits per heavy atom. The first-order valence-electron chi connectivity index (χ1n) is 6.83. The first-order valence-corrected chi connectivity index (χ1v) is 6.83. The van der Waals surface area contributed by atoms with E-state index >= 15 is 0 Å². The summed E-state index contributed by atoms with van der Waals surface area (Å²) in [5, 5.41) is 3.30. The van der Waals surface area contributed by atoms with Crippen molar-refractivity contribution in [1.82, 2.24) is 10.3 Å². The highest BCUT2D eigenvalue weighted by Gasteiger charge is 2.07. The molecular weight excluding hydrogens is 274 g/mol. The average Bonchev–Trinajstić information content (AvgIpc) is 2.43. The molecule has 0 atom stereocenters. The number of nitrogens with zero attached hydrogens (tertiary/aromatic N) is 1. The van der Waals surface area contributed by atoms with Crippen molar-refractivity contribution >= 4 is 0 Å².